The highest BCUT2D eigenvalue weighted by molar-refractivity contribution is 5.57. The standard InChI is InChI=1S/C6H10O7/c7-1-3(8)5(10)4(9)2-13-6(11)12/h1,3-5,8-10H,2H2,(H,11,12)/t3-,4-,5+/m1/s1. The van der Waals surface area contributed by atoms with E-state index < -0.39 is 31.1 Å². The van der Waals surface area contributed by atoms with Crippen LogP contribution in [0, 0.1) is 0 Å². The van der Waals surface area contributed by atoms with Gasteiger partial charge in [0.15, 0.2) is 6.29 Å². The van der Waals surface area contributed by atoms with E-state index in [1.165, 1.54) is 0 Å². The average molecular weight is 194 g/mol. The smallest absolute Gasteiger partial charge is 0.450 e. The van der Waals surface area contributed by atoms with Crippen LogP contribution in [0.4, 0.5) is 4.79 Å². The van der Waals surface area contributed by atoms with Crippen molar-refractivity contribution in [1.29, 1.82) is 0 Å². The zero-order valence-electron chi connectivity index (χ0n) is 6.53. The molecular formula is C6H10O7. The Morgan fingerprint density at radius 3 is 2.31 bits per heavy atom. The Kier molecular flexibility index (Phi) is 4.97. The number of hydrogen-bond acceptors (Lipinski definition) is 6. The number of rotatable bonds is 5. The van der Waals surface area contributed by atoms with Gasteiger partial charge in [-0.2, -0.15) is 0 Å². The molecule has 4 N–H and O–H groups in total. The molecule has 0 saturated heterocycles. The van der Waals surface area contributed by atoms with Crippen molar-refractivity contribution in [3.05, 3.63) is 0 Å². The van der Waals surface area contributed by atoms with Crippen molar-refractivity contribution in [3.63, 3.8) is 0 Å². The number of aldehydes is 1. The highest BCUT2D eigenvalue weighted by Gasteiger charge is 2.25. The lowest BCUT2D eigenvalue weighted by molar-refractivity contribution is -0.128. The molecule has 0 heterocycles. The molecule has 0 aliphatic carbocycles. The van der Waals surface area contributed by atoms with Crippen molar-refractivity contribution >= 4 is 12.4 Å². The van der Waals surface area contributed by atoms with Gasteiger partial charge >= 0.3 is 6.16 Å². The Morgan fingerprint density at radius 2 is 1.92 bits per heavy atom. The molecular weight excluding hydrogens is 184 g/mol. The summed E-state index contributed by atoms with van der Waals surface area (Å²) in [6.45, 7) is -0.707. The van der Waals surface area contributed by atoms with Gasteiger partial charge < -0.3 is 30.0 Å². The summed E-state index contributed by atoms with van der Waals surface area (Å²) in [5.41, 5.74) is 0. The molecule has 0 amide bonds. The molecule has 0 bridgehead atoms. The molecule has 76 valence electrons. The quantitative estimate of drug-likeness (QED) is 0.293. The van der Waals surface area contributed by atoms with Gasteiger partial charge in [0, 0.05) is 0 Å². The summed E-state index contributed by atoms with van der Waals surface area (Å²) in [5, 5.41) is 34.5. The van der Waals surface area contributed by atoms with Crippen molar-refractivity contribution in [2.75, 3.05) is 6.61 Å². The van der Waals surface area contributed by atoms with E-state index in [0.717, 1.165) is 0 Å². The zero-order chi connectivity index (χ0) is 10.4. The largest absolute Gasteiger partial charge is 0.505 e. The topological polar surface area (TPSA) is 124 Å². The first-order valence-electron chi connectivity index (χ1n) is 3.34. The SMILES string of the molecule is O=C[C@@H](O)[C@H](O)[C@H](O)COC(=O)O. The van der Waals surface area contributed by atoms with Gasteiger partial charge in [0.25, 0.3) is 0 Å². The van der Waals surface area contributed by atoms with E-state index in [2.05, 4.69) is 4.74 Å². The van der Waals surface area contributed by atoms with E-state index in [-0.39, 0.29) is 6.29 Å². The molecule has 0 aliphatic heterocycles. The van der Waals surface area contributed by atoms with Gasteiger partial charge in [0.05, 0.1) is 0 Å². The lowest BCUT2D eigenvalue weighted by Gasteiger charge is -2.18. The van der Waals surface area contributed by atoms with Gasteiger partial charge in [-0.3, -0.25) is 0 Å². The minimum Gasteiger partial charge on any atom is -0.450 e. The third kappa shape index (κ3) is 4.41. The third-order valence-electron chi connectivity index (χ3n) is 1.26. The van der Waals surface area contributed by atoms with E-state index in [0.29, 0.717) is 0 Å². The Hall–Kier alpha value is -1.18. The Labute approximate surface area is 73.2 Å². The minimum absolute atomic E-state index is 0.0225. The summed E-state index contributed by atoms with van der Waals surface area (Å²) < 4.78 is 3.90. The first-order chi connectivity index (χ1) is 5.99. The molecule has 0 aromatic heterocycles. The summed E-state index contributed by atoms with van der Waals surface area (Å²) in [4.78, 5) is 19.7. The summed E-state index contributed by atoms with van der Waals surface area (Å²) in [6, 6.07) is 0. The normalized spacial score (nSPS) is 17.2. The van der Waals surface area contributed by atoms with Gasteiger partial charge in [0.2, 0.25) is 0 Å². The number of aliphatic hydroxyl groups excluding tert-OH is 3. The number of hydrogen-bond donors (Lipinski definition) is 4. The van der Waals surface area contributed by atoms with Crippen LogP contribution in [0.15, 0.2) is 0 Å². The fourth-order valence-electron chi connectivity index (χ4n) is 0.563. The van der Waals surface area contributed by atoms with Crippen molar-refractivity contribution < 1.29 is 34.8 Å². The molecule has 0 aliphatic rings. The number of carbonyl (C=O) groups is 2. The molecule has 0 saturated carbocycles. The maximum atomic E-state index is 9.91. The zero-order valence-corrected chi connectivity index (χ0v) is 6.53. The molecule has 13 heavy (non-hydrogen) atoms. The highest BCUT2D eigenvalue weighted by Crippen LogP contribution is 1.99. The first-order valence-corrected chi connectivity index (χ1v) is 3.34. The number of carboxylic acid groups (broad SMARTS) is 1. The fraction of sp³-hybridized carbons (Fsp3) is 0.667. The van der Waals surface area contributed by atoms with E-state index in [1.807, 2.05) is 0 Å². The van der Waals surface area contributed by atoms with Crippen LogP contribution in [0.3, 0.4) is 0 Å². The molecule has 7 heteroatoms. The van der Waals surface area contributed by atoms with Gasteiger partial charge in [-0.25, -0.2) is 4.79 Å². The first kappa shape index (κ1) is 11.8. The number of ether oxygens (including phenoxy) is 1. The summed E-state index contributed by atoms with van der Waals surface area (Å²) >= 11 is 0. The second kappa shape index (κ2) is 5.46. The molecule has 7 nitrogen and oxygen atoms in total. The predicted octanol–water partition coefficient (Wildman–Crippen LogP) is -2.04. The van der Waals surface area contributed by atoms with E-state index in [1.54, 1.807) is 0 Å². The number of carbonyl (C=O) groups excluding carboxylic acids is 1. The van der Waals surface area contributed by atoms with Crippen LogP contribution >= 0.6 is 0 Å². The molecule has 0 spiro atoms. The van der Waals surface area contributed by atoms with Crippen LogP contribution in [-0.4, -0.2) is 57.8 Å². The molecule has 0 unspecified atom stereocenters. The average Bonchev–Trinajstić information content (AvgIpc) is 2.11. The molecule has 3 atom stereocenters. The Morgan fingerprint density at radius 1 is 1.38 bits per heavy atom. The van der Waals surface area contributed by atoms with Gasteiger partial charge in [-0.05, 0) is 0 Å². The van der Waals surface area contributed by atoms with Crippen molar-refractivity contribution in [3.8, 4) is 0 Å². The summed E-state index contributed by atoms with van der Waals surface area (Å²) in [7, 11) is 0. The maximum Gasteiger partial charge on any atom is 0.505 e. The van der Waals surface area contributed by atoms with E-state index in [9.17, 15) is 9.59 Å². The van der Waals surface area contributed by atoms with Gasteiger partial charge in [-0.15, -0.1) is 0 Å². The van der Waals surface area contributed by atoms with Crippen LogP contribution < -0.4 is 0 Å². The monoisotopic (exact) mass is 194 g/mol. The van der Waals surface area contributed by atoms with Crippen molar-refractivity contribution in [2.24, 2.45) is 0 Å². The maximum absolute atomic E-state index is 9.91. The second-order valence-corrected chi connectivity index (χ2v) is 2.26. The predicted molar refractivity (Wildman–Crippen MR) is 38.1 cm³/mol. The van der Waals surface area contributed by atoms with E-state index in [4.69, 9.17) is 20.4 Å². The highest BCUT2D eigenvalue weighted by atomic mass is 16.7. The van der Waals surface area contributed by atoms with Gasteiger partial charge in [0.1, 0.15) is 24.9 Å². The molecule has 0 radical (unpaired) electrons. The minimum atomic E-state index is -1.76. The van der Waals surface area contributed by atoms with E-state index >= 15 is 0 Å². The van der Waals surface area contributed by atoms with Crippen molar-refractivity contribution in [2.45, 2.75) is 18.3 Å². The third-order valence-corrected chi connectivity index (χ3v) is 1.26. The molecule has 0 aromatic rings. The van der Waals surface area contributed by atoms with Crippen LogP contribution in [-0.2, 0) is 9.53 Å². The molecule has 0 rings (SSSR count). The van der Waals surface area contributed by atoms with Gasteiger partial charge in [-0.1, -0.05) is 0 Å². The van der Waals surface area contributed by atoms with Crippen LogP contribution in [0.2, 0.25) is 0 Å². The lowest BCUT2D eigenvalue weighted by Crippen LogP contribution is -2.41. The summed E-state index contributed by atoms with van der Waals surface area (Å²) in [6.07, 6.45) is -6.73. The number of aliphatic hydroxyl groups is 3. The van der Waals surface area contributed by atoms with Crippen molar-refractivity contribution in [1.82, 2.24) is 0 Å². The second-order valence-electron chi connectivity index (χ2n) is 2.26. The fourth-order valence-corrected chi connectivity index (χ4v) is 0.563. The molecule has 0 fully saturated rings. The Bertz CT molecular complexity index is 180. The Balaban J connectivity index is 3.87. The molecule has 0 aromatic carbocycles. The van der Waals surface area contributed by atoms with Crippen LogP contribution in [0.5, 0.6) is 0 Å². The summed E-state index contributed by atoms with van der Waals surface area (Å²) in [5.74, 6) is 0. The van der Waals surface area contributed by atoms with Crippen LogP contribution in [0.1, 0.15) is 0 Å². The van der Waals surface area contributed by atoms with Crippen LogP contribution in [0.25, 0.3) is 0 Å². The lowest BCUT2D eigenvalue weighted by atomic mass is 10.1.